The Labute approximate surface area is 82.3 Å². The van der Waals surface area contributed by atoms with Gasteiger partial charge in [0, 0.05) is 5.56 Å². The summed E-state index contributed by atoms with van der Waals surface area (Å²) in [7, 11) is 0. The van der Waals surface area contributed by atoms with Crippen LogP contribution in [0.5, 0.6) is 0 Å². The molecule has 0 radical (unpaired) electrons. The fraction of sp³-hybridized carbons (Fsp3) is 0.273. The van der Waals surface area contributed by atoms with Crippen LogP contribution in [-0.2, 0) is 4.79 Å². The number of nitrogens with zero attached hydrogens (tertiary/aromatic N) is 1. The second-order valence-corrected chi connectivity index (χ2v) is 3.44. The van der Waals surface area contributed by atoms with Crippen LogP contribution in [0, 0.1) is 0 Å². The largest absolute Gasteiger partial charge is 0.321 e. The number of ketones is 1. The monoisotopic (exact) mass is 189 g/mol. The highest BCUT2D eigenvalue weighted by Crippen LogP contribution is 2.16. The molecular weight excluding hydrogens is 178 g/mol. The maximum absolute atomic E-state index is 11.8. The summed E-state index contributed by atoms with van der Waals surface area (Å²) in [5.74, 6) is 0.0759. The highest BCUT2D eigenvalue weighted by Gasteiger charge is 2.36. The van der Waals surface area contributed by atoms with E-state index in [0.717, 1.165) is 0 Å². The van der Waals surface area contributed by atoms with Gasteiger partial charge < -0.3 is 4.90 Å². The van der Waals surface area contributed by atoms with Crippen LogP contribution in [0.4, 0.5) is 0 Å². The van der Waals surface area contributed by atoms with Crippen molar-refractivity contribution in [2.24, 2.45) is 0 Å². The van der Waals surface area contributed by atoms with Gasteiger partial charge in [-0.15, -0.1) is 0 Å². The zero-order valence-corrected chi connectivity index (χ0v) is 7.93. The first kappa shape index (κ1) is 8.94. The lowest BCUT2D eigenvalue weighted by Gasteiger charge is -2.36. The van der Waals surface area contributed by atoms with Crippen LogP contribution in [0.1, 0.15) is 17.3 Å². The third kappa shape index (κ3) is 1.31. The summed E-state index contributed by atoms with van der Waals surface area (Å²) < 4.78 is 0. The summed E-state index contributed by atoms with van der Waals surface area (Å²) in [5, 5.41) is 0. The maximum Gasteiger partial charge on any atom is 0.254 e. The average Bonchev–Trinajstić information content (AvgIpc) is 2.25. The van der Waals surface area contributed by atoms with Crippen molar-refractivity contribution >= 4 is 11.7 Å². The van der Waals surface area contributed by atoms with E-state index < -0.39 is 0 Å². The molecule has 2 rings (SSSR count). The van der Waals surface area contributed by atoms with Crippen molar-refractivity contribution in [2.75, 3.05) is 6.54 Å². The minimum Gasteiger partial charge on any atom is -0.321 e. The van der Waals surface area contributed by atoms with E-state index in [9.17, 15) is 9.59 Å². The summed E-state index contributed by atoms with van der Waals surface area (Å²) in [4.78, 5) is 24.3. The Balaban J connectivity index is 2.15. The highest BCUT2D eigenvalue weighted by atomic mass is 16.2. The Morgan fingerprint density at radius 1 is 1.36 bits per heavy atom. The first-order chi connectivity index (χ1) is 6.70. The predicted molar refractivity (Wildman–Crippen MR) is 51.9 cm³/mol. The summed E-state index contributed by atoms with van der Waals surface area (Å²) in [6.45, 7) is 2.02. The highest BCUT2D eigenvalue weighted by molar-refractivity contribution is 6.04. The molecular formula is C11H11NO2. The SMILES string of the molecule is CC1C(=O)CN1C(=O)c1ccccc1. The Morgan fingerprint density at radius 2 is 2.00 bits per heavy atom. The van der Waals surface area contributed by atoms with Crippen molar-refractivity contribution in [2.45, 2.75) is 13.0 Å². The molecule has 0 spiro atoms. The molecule has 1 unspecified atom stereocenters. The van der Waals surface area contributed by atoms with Gasteiger partial charge in [0.15, 0.2) is 5.78 Å². The molecule has 0 aromatic heterocycles. The summed E-state index contributed by atoms with van der Waals surface area (Å²) in [6.07, 6.45) is 0. The van der Waals surface area contributed by atoms with Crippen LogP contribution in [0.15, 0.2) is 30.3 Å². The maximum atomic E-state index is 11.8. The van der Waals surface area contributed by atoms with Gasteiger partial charge in [-0.3, -0.25) is 9.59 Å². The molecule has 1 saturated heterocycles. The quantitative estimate of drug-likeness (QED) is 0.663. The number of carbonyl (C=O) groups is 2. The first-order valence-corrected chi connectivity index (χ1v) is 4.59. The Morgan fingerprint density at radius 3 is 2.50 bits per heavy atom. The van der Waals surface area contributed by atoms with Gasteiger partial charge in [-0.05, 0) is 19.1 Å². The Kier molecular flexibility index (Phi) is 2.08. The van der Waals surface area contributed by atoms with Crippen molar-refractivity contribution in [1.82, 2.24) is 4.90 Å². The van der Waals surface area contributed by atoms with Crippen LogP contribution < -0.4 is 0 Å². The Hall–Kier alpha value is -1.64. The molecule has 1 amide bonds. The number of rotatable bonds is 1. The van der Waals surface area contributed by atoms with Gasteiger partial charge in [-0.2, -0.15) is 0 Å². The van der Waals surface area contributed by atoms with Gasteiger partial charge in [0.25, 0.3) is 5.91 Å². The van der Waals surface area contributed by atoms with Gasteiger partial charge in [-0.25, -0.2) is 0 Å². The number of benzene rings is 1. The van der Waals surface area contributed by atoms with Gasteiger partial charge >= 0.3 is 0 Å². The summed E-state index contributed by atoms with van der Waals surface area (Å²) >= 11 is 0. The number of hydrogen-bond donors (Lipinski definition) is 0. The predicted octanol–water partition coefficient (Wildman–Crippen LogP) is 1.10. The second kappa shape index (κ2) is 3.25. The van der Waals surface area contributed by atoms with E-state index in [2.05, 4.69) is 0 Å². The van der Waals surface area contributed by atoms with Crippen LogP contribution >= 0.6 is 0 Å². The molecule has 0 bridgehead atoms. The average molecular weight is 189 g/mol. The molecule has 1 aliphatic heterocycles. The zero-order chi connectivity index (χ0) is 10.1. The van der Waals surface area contributed by atoms with Gasteiger partial charge in [0.2, 0.25) is 0 Å². The number of likely N-dealkylation sites (tertiary alicyclic amines) is 1. The molecule has 72 valence electrons. The molecule has 3 heteroatoms. The van der Waals surface area contributed by atoms with Gasteiger partial charge in [-0.1, -0.05) is 18.2 Å². The molecule has 1 aliphatic rings. The number of carbonyl (C=O) groups excluding carboxylic acids is 2. The zero-order valence-electron chi connectivity index (χ0n) is 7.93. The lowest BCUT2D eigenvalue weighted by molar-refractivity contribution is -0.132. The van der Waals surface area contributed by atoms with E-state index in [1.54, 1.807) is 24.0 Å². The van der Waals surface area contributed by atoms with E-state index in [-0.39, 0.29) is 24.3 Å². The topological polar surface area (TPSA) is 37.4 Å². The van der Waals surface area contributed by atoms with Gasteiger partial charge in [0.05, 0.1) is 12.6 Å². The van der Waals surface area contributed by atoms with Crippen molar-refractivity contribution < 1.29 is 9.59 Å². The normalized spacial score (nSPS) is 20.5. The lowest BCUT2D eigenvalue weighted by atomic mass is 10.0. The number of amides is 1. The Bertz CT molecular complexity index is 372. The smallest absolute Gasteiger partial charge is 0.254 e. The van der Waals surface area contributed by atoms with E-state index in [1.165, 1.54) is 0 Å². The molecule has 0 aliphatic carbocycles. The molecule has 14 heavy (non-hydrogen) atoms. The minimum absolute atomic E-state index is 0.0577. The van der Waals surface area contributed by atoms with Crippen molar-refractivity contribution in [1.29, 1.82) is 0 Å². The van der Waals surface area contributed by atoms with E-state index >= 15 is 0 Å². The number of hydrogen-bond acceptors (Lipinski definition) is 2. The van der Waals surface area contributed by atoms with Gasteiger partial charge in [0.1, 0.15) is 0 Å². The molecule has 1 atom stereocenters. The first-order valence-electron chi connectivity index (χ1n) is 4.59. The third-order valence-corrected chi connectivity index (χ3v) is 2.54. The fourth-order valence-electron chi connectivity index (χ4n) is 1.49. The second-order valence-electron chi connectivity index (χ2n) is 3.44. The van der Waals surface area contributed by atoms with Crippen molar-refractivity contribution in [3.05, 3.63) is 35.9 Å². The molecule has 1 fully saturated rings. The summed E-state index contributed by atoms with van der Waals surface area (Å²) in [6, 6.07) is 8.78. The van der Waals surface area contributed by atoms with E-state index in [4.69, 9.17) is 0 Å². The van der Waals surface area contributed by atoms with E-state index in [0.29, 0.717) is 5.56 Å². The van der Waals surface area contributed by atoms with Crippen LogP contribution in [0.3, 0.4) is 0 Å². The number of Topliss-reactive ketones (excluding diaryl/α,β-unsaturated/α-hetero) is 1. The van der Waals surface area contributed by atoms with E-state index in [1.807, 2.05) is 18.2 Å². The molecule has 3 nitrogen and oxygen atoms in total. The summed E-state index contributed by atoms with van der Waals surface area (Å²) in [5.41, 5.74) is 0.645. The van der Waals surface area contributed by atoms with Crippen LogP contribution in [0.25, 0.3) is 0 Å². The van der Waals surface area contributed by atoms with Crippen LogP contribution in [-0.4, -0.2) is 29.2 Å². The molecule has 1 heterocycles. The molecule has 0 N–H and O–H groups in total. The van der Waals surface area contributed by atoms with Crippen LogP contribution in [0.2, 0.25) is 0 Å². The standard InChI is InChI=1S/C11H11NO2/c1-8-10(13)7-12(8)11(14)9-5-3-2-4-6-9/h2-6,8H,7H2,1H3. The molecule has 0 saturated carbocycles. The molecule has 1 aromatic carbocycles. The third-order valence-electron chi connectivity index (χ3n) is 2.54. The minimum atomic E-state index is -0.247. The lowest BCUT2D eigenvalue weighted by Crippen LogP contribution is -2.57. The molecule has 1 aromatic rings. The van der Waals surface area contributed by atoms with Crippen molar-refractivity contribution in [3.63, 3.8) is 0 Å². The van der Waals surface area contributed by atoms with Crippen molar-refractivity contribution in [3.8, 4) is 0 Å². The fourth-order valence-corrected chi connectivity index (χ4v) is 1.49.